The van der Waals surface area contributed by atoms with Gasteiger partial charge in [0.2, 0.25) is 5.91 Å². The number of nitrogen functional groups attached to an aromatic ring is 1. The number of rotatable bonds is 4. The van der Waals surface area contributed by atoms with E-state index in [1.165, 1.54) is 6.07 Å². The smallest absolute Gasteiger partial charge is 0.398 e. The second-order valence-corrected chi connectivity index (χ2v) is 5.29. The van der Waals surface area contributed by atoms with Crippen LogP contribution < -0.4 is 11.1 Å². The number of alkyl halides is 3. The van der Waals surface area contributed by atoms with Crippen LogP contribution in [-0.4, -0.2) is 28.6 Å². The zero-order chi connectivity index (χ0) is 14.6. The summed E-state index contributed by atoms with van der Waals surface area (Å²) >= 11 is 0. The number of nitrogens with one attached hydrogen (secondary N) is 1. The molecular formula is C11H13F3N2O2S. The van der Waals surface area contributed by atoms with Gasteiger partial charge in [0.15, 0.2) is 0 Å². The van der Waals surface area contributed by atoms with Crippen LogP contribution in [0, 0.1) is 6.92 Å². The fourth-order valence-electron chi connectivity index (χ4n) is 1.30. The summed E-state index contributed by atoms with van der Waals surface area (Å²) in [6.45, 7) is 0.270. The number of hydrogen-bond donors (Lipinski definition) is 2. The molecule has 0 aromatic heterocycles. The van der Waals surface area contributed by atoms with Gasteiger partial charge in [0, 0.05) is 0 Å². The van der Waals surface area contributed by atoms with Gasteiger partial charge in [0.1, 0.15) is 12.3 Å². The minimum atomic E-state index is -4.49. The first-order chi connectivity index (χ1) is 8.70. The Kier molecular flexibility index (Phi) is 4.93. The fourth-order valence-corrected chi connectivity index (χ4v) is 2.43. The molecule has 1 rings (SSSR count). The molecule has 3 N–H and O–H groups in total. The molecule has 8 heteroatoms. The zero-order valence-electron chi connectivity index (χ0n) is 10.1. The van der Waals surface area contributed by atoms with Crippen molar-refractivity contribution >= 4 is 22.4 Å². The molecule has 0 spiro atoms. The van der Waals surface area contributed by atoms with Crippen LogP contribution in [0.3, 0.4) is 0 Å². The molecule has 0 aliphatic heterocycles. The van der Waals surface area contributed by atoms with E-state index in [1.54, 1.807) is 24.4 Å². The number of halogens is 3. The highest BCUT2D eigenvalue weighted by Crippen LogP contribution is 2.20. The van der Waals surface area contributed by atoms with E-state index in [0.29, 0.717) is 5.56 Å². The van der Waals surface area contributed by atoms with Crippen molar-refractivity contribution in [2.24, 2.45) is 0 Å². The second kappa shape index (κ2) is 6.05. The quantitative estimate of drug-likeness (QED) is 0.824. The highest BCUT2D eigenvalue weighted by molar-refractivity contribution is 7.86. The van der Waals surface area contributed by atoms with Crippen LogP contribution in [0.5, 0.6) is 0 Å². The monoisotopic (exact) mass is 294 g/mol. The van der Waals surface area contributed by atoms with Gasteiger partial charge in [-0.05, 0) is 18.6 Å². The van der Waals surface area contributed by atoms with Gasteiger partial charge in [-0.25, -0.2) is 0 Å². The molecule has 0 radical (unpaired) electrons. The van der Waals surface area contributed by atoms with Crippen molar-refractivity contribution in [3.63, 3.8) is 0 Å². The van der Waals surface area contributed by atoms with Gasteiger partial charge >= 0.3 is 6.18 Å². The molecule has 19 heavy (non-hydrogen) atoms. The number of amides is 1. The Morgan fingerprint density at radius 2 is 2.05 bits per heavy atom. The Hall–Kier alpha value is -1.57. The van der Waals surface area contributed by atoms with E-state index in [1.807, 2.05) is 0 Å². The van der Waals surface area contributed by atoms with E-state index < -0.39 is 35.2 Å². The van der Waals surface area contributed by atoms with Gasteiger partial charge in [-0.15, -0.1) is 0 Å². The van der Waals surface area contributed by atoms with Gasteiger partial charge in [0.25, 0.3) is 0 Å². The van der Waals surface area contributed by atoms with E-state index >= 15 is 0 Å². The Labute approximate surface area is 110 Å². The average Bonchev–Trinajstić information content (AvgIpc) is 2.29. The molecule has 0 saturated carbocycles. The molecule has 0 aliphatic carbocycles. The molecule has 1 atom stereocenters. The lowest BCUT2D eigenvalue weighted by molar-refractivity contribution is -0.136. The minimum Gasteiger partial charge on any atom is -0.398 e. The molecule has 0 heterocycles. The Balaban J connectivity index is 2.65. The van der Waals surface area contributed by atoms with Crippen molar-refractivity contribution in [1.82, 2.24) is 5.32 Å². The molecular weight excluding hydrogens is 281 g/mol. The maximum Gasteiger partial charge on any atom is 0.405 e. The van der Waals surface area contributed by atoms with Gasteiger partial charge < -0.3 is 11.1 Å². The van der Waals surface area contributed by atoms with E-state index in [0.717, 1.165) is 0 Å². The lowest BCUT2D eigenvalue weighted by Gasteiger charge is -2.10. The fraction of sp³-hybridized carbons (Fsp3) is 0.364. The number of aryl methyl sites for hydroxylation is 1. The van der Waals surface area contributed by atoms with Crippen LogP contribution in [0.4, 0.5) is 18.9 Å². The number of carbonyl (C=O) groups excluding carboxylic acids is 1. The topological polar surface area (TPSA) is 72.2 Å². The first-order valence-corrected chi connectivity index (χ1v) is 6.59. The standard InChI is InChI=1S/C11H13F3N2O2S/c1-7-3-2-4-8(10(7)15)19(18)5-9(17)16-6-11(12,13)14/h2-4H,5-6,15H2,1H3,(H,16,17). The molecule has 1 aromatic rings. The van der Waals surface area contributed by atoms with Crippen LogP contribution in [0.2, 0.25) is 0 Å². The number of para-hydroxylation sites is 1. The van der Waals surface area contributed by atoms with Crippen molar-refractivity contribution in [2.75, 3.05) is 18.0 Å². The maximum absolute atomic E-state index is 11.9. The maximum atomic E-state index is 11.9. The normalized spacial score (nSPS) is 13.1. The number of carbonyl (C=O) groups is 1. The summed E-state index contributed by atoms with van der Waals surface area (Å²) < 4.78 is 47.5. The van der Waals surface area contributed by atoms with Crippen molar-refractivity contribution in [3.05, 3.63) is 23.8 Å². The third kappa shape index (κ3) is 4.90. The van der Waals surface area contributed by atoms with Crippen LogP contribution in [-0.2, 0) is 15.6 Å². The van der Waals surface area contributed by atoms with Crippen molar-refractivity contribution < 1.29 is 22.2 Å². The predicted molar refractivity (Wildman–Crippen MR) is 65.9 cm³/mol. The number of nitrogens with two attached hydrogens (primary N) is 1. The summed E-state index contributed by atoms with van der Waals surface area (Å²) in [6.07, 6.45) is -4.49. The highest BCUT2D eigenvalue weighted by atomic mass is 32.2. The summed E-state index contributed by atoms with van der Waals surface area (Å²) in [6, 6.07) is 4.81. The third-order valence-corrected chi connectivity index (χ3v) is 3.65. The SMILES string of the molecule is Cc1cccc(S(=O)CC(=O)NCC(F)(F)F)c1N. The first-order valence-electron chi connectivity index (χ1n) is 5.27. The number of anilines is 1. The lowest BCUT2D eigenvalue weighted by atomic mass is 10.2. The van der Waals surface area contributed by atoms with Gasteiger partial charge in [-0.2, -0.15) is 13.2 Å². The molecule has 0 aliphatic rings. The molecule has 4 nitrogen and oxygen atoms in total. The number of benzene rings is 1. The molecule has 0 fully saturated rings. The van der Waals surface area contributed by atoms with Crippen molar-refractivity contribution in [3.8, 4) is 0 Å². The summed E-state index contributed by atoms with van der Waals surface area (Å²) in [4.78, 5) is 11.5. The van der Waals surface area contributed by atoms with Crippen LogP contribution in [0.25, 0.3) is 0 Å². The summed E-state index contributed by atoms with van der Waals surface area (Å²) in [5.41, 5.74) is 6.68. The molecule has 106 valence electrons. The molecule has 1 amide bonds. The Morgan fingerprint density at radius 3 is 2.63 bits per heavy atom. The largest absolute Gasteiger partial charge is 0.405 e. The molecule has 1 unspecified atom stereocenters. The predicted octanol–water partition coefficient (Wildman–Crippen LogP) is 1.36. The summed E-state index contributed by atoms with van der Waals surface area (Å²) in [7, 11) is -1.77. The van der Waals surface area contributed by atoms with E-state index in [4.69, 9.17) is 5.73 Å². The van der Waals surface area contributed by atoms with Crippen LogP contribution in [0.15, 0.2) is 23.1 Å². The van der Waals surface area contributed by atoms with Crippen molar-refractivity contribution in [1.29, 1.82) is 0 Å². The van der Waals surface area contributed by atoms with Gasteiger partial charge in [0.05, 0.1) is 21.4 Å². The van der Waals surface area contributed by atoms with Crippen LogP contribution in [0.1, 0.15) is 5.56 Å². The van der Waals surface area contributed by atoms with E-state index in [2.05, 4.69) is 0 Å². The first kappa shape index (κ1) is 15.5. The van der Waals surface area contributed by atoms with Gasteiger partial charge in [-0.1, -0.05) is 12.1 Å². The Morgan fingerprint density at radius 1 is 1.42 bits per heavy atom. The Bertz CT molecular complexity index is 503. The molecule has 1 aromatic carbocycles. The molecule has 0 bridgehead atoms. The van der Waals surface area contributed by atoms with Crippen LogP contribution >= 0.6 is 0 Å². The molecule has 0 saturated heterocycles. The third-order valence-electron chi connectivity index (χ3n) is 2.28. The highest BCUT2D eigenvalue weighted by Gasteiger charge is 2.28. The summed E-state index contributed by atoms with van der Waals surface area (Å²) in [5.74, 6) is -1.49. The average molecular weight is 294 g/mol. The zero-order valence-corrected chi connectivity index (χ0v) is 10.9. The minimum absolute atomic E-state index is 0.252. The second-order valence-electron chi connectivity index (χ2n) is 3.87. The lowest BCUT2D eigenvalue weighted by Crippen LogP contribution is -2.36. The van der Waals surface area contributed by atoms with E-state index in [9.17, 15) is 22.2 Å². The number of hydrogen-bond acceptors (Lipinski definition) is 3. The van der Waals surface area contributed by atoms with Crippen molar-refractivity contribution in [2.45, 2.75) is 18.0 Å². The van der Waals surface area contributed by atoms with E-state index in [-0.39, 0.29) is 10.6 Å². The summed E-state index contributed by atoms with van der Waals surface area (Å²) in [5, 5.41) is 1.66. The van der Waals surface area contributed by atoms with Gasteiger partial charge in [-0.3, -0.25) is 9.00 Å².